The Balaban J connectivity index is 1.56. The Labute approximate surface area is 120 Å². The minimum Gasteiger partial charge on any atom is -0.378 e. The molecule has 20 heavy (non-hydrogen) atoms. The van der Waals surface area contributed by atoms with Crippen LogP contribution in [-0.4, -0.2) is 43.4 Å². The quantitative estimate of drug-likeness (QED) is 0.800. The Kier molecular flexibility index (Phi) is 3.55. The van der Waals surface area contributed by atoms with Crippen molar-refractivity contribution < 1.29 is 14.3 Å². The maximum absolute atomic E-state index is 12.5. The fraction of sp³-hybridized carbons (Fsp3) is 0.933. The molecule has 114 valence electrons. The molecule has 1 aliphatic carbocycles. The highest BCUT2D eigenvalue weighted by atomic mass is 16.5. The van der Waals surface area contributed by atoms with E-state index in [1.54, 1.807) is 0 Å². The maximum atomic E-state index is 12.5. The van der Waals surface area contributed by atoms with E-state index >= 15 is 0 Å². The van der Waals surface area contributed by atoms with Gasteiger partial charge in [-0.1, -0.05) is 13.8 Å². The molecule has 2 heterocycles. The third-order valence-electron chi connectivity index (χ3n) is 5.61. The minimum atomic E-state index is -0.787. The van der Waals surface area contributed by atoms with E-state index in [-0.39, 0.29) is 23.3 Å². The van der Waals surface area contributed by atoms with Crippen LogP contribution in [0.5, 0.6) is 0 Å². The van der Waals surface area contributed by atoms with Gasteiger partial charge >= 0.3 is 0 Å². The van der Waals surface area contributed by atoms with Crippen LogP contribution < -0.4 is 11.1 Å². The molecule has 3 aliphatic rings. The number of hydrogen-bond acceptors (Lipinski definition) is 4. The van der Waals surface area contributed by atoms with Gasteiger partial charge in [0.15, 0.2) is 0 Å². The molecule has 1 amide bonds. The van der Waals surface area contributed by atoms with Crippen molar-refractivity contribution in [1.82, 2.24) is 5.32 Å². The fourth-order valence-electron chi connectivity index (χ4n) is 4.21. The lowest BCUT2D eigenvalue weighted by molar-refractivity contribution is -0.175. The van der Waals surface area contributed by atoms with Gasteiger partial charge in [0.2, 0.25) is 5.91 Å². The first-order valence-corrected chi connectivity index (χ1v) is 7.78. The summed E-state index contributed by atoms with van der Waals surface area (Å²) >= 11 is 0. The number of ether oxygens (including phenoxy) is 2. The van der Waals surface area contributed by atoms with E-state index in [0.29, 0.717) is 12.6 Å². The average Bonchev–Trinajstić information content (AvgIpc) is 3.07. The lowest BCUT2D eigenvalue weighted by Crippen LogP contribution is -2.80. The first kappa shape index (κ1) is 14.3. The third kappa shape index (κ3) is 1.90. The molecule has 0 spiro atoms. The Morgan fingerprint density at radius 1 is 1.30 bits per heavy atom. The van der Waals surface area contributed by atoms with Gasteiger partial charge in [0.25, 0.3) is 0 Å². The van der Waals surface area contributed by atoms with Crippen molar-refractivity contribution in [2.75, 3.05) is 19.8 Å². The van der Waals surface area contributed by atoms with Gasteiger partial charge in [0.1, 0.15) is 5.54 Å². The van der Waals surface area contributed by atoms with Gasteiger partial charge in [-0.05, 0) is 25.7 Å². The van der Waals surface area contributed by atoms with Crippen molar-refractivity contribution >= 4 is 5.91 Å². The number of carbonyl (C=O) groups excluding carboxylic acids is 1. The Morgan fingerprint density at radius 3 is 2.80 bits per heavy atom. The van der Waals surface area contributed by atoms with Crippen LogP contribution in [0.15, 0.2) is 0 Å². The Bertz CT molecular complexity index is 393. The minimum absolute atomic E-state index is 0.0211. The number of nitrogens with two attached hydrogens (primary N) is 1. The summed E-state index contributed by atoms with van der Waals surface area (Å²) in [5.74, 6) is 0.146. The first-order chi connectivity index (χ1) is 9.48. The van der Waals surface area contributed by atoms with Crippen molar-refractivity contribution in [3.8, 4) is 0 Å². The lowest BCUT2D eigenvalue weighted by Gasteiger charge is -2.60. The molecule has 2 aliphatic heterocycles. The van der Waals surface area contributed by atoms with Gasteiger partial charge in [-0.3, -0.25) is 4.79 Å². The molecule has 3 fully saturated rings. The van der Waals surface area contributed by atoms with Gasteiger partial charge in [-0.2, -0.15) is 0 Å². The van der Waals surface area contributed by atoms with E-state index in [4.69, 9.17) is 15.2 Å². The fourth-order valence-corrected chi connectivity index (χ4v) is 4.21. The van der Waals surface area contributed by atoms with E-state index in [2.05, 4.69) is 5.32 Å². The molecule has 0 aromatic carbocycles. The van der Waals surface area contributed by atoms with E-state index in [9.17, 15) is 4.79 Å². The molecule has 3 rings (SSSR count). The number of amides is 1. The molecule has 0 aromatic heterocycles. The molecule has 0 bridgehead atoms. The Morgan fingerprint density at radius 2 is 2.10 bits per heavy atom. The first-order valence-electron chi connectivity index (χ1n) is 7.78. The van der Waals surface area contributed by atoms with E-state index in [0.717, 1.165) is 38.9 Å². The summed E-state index contributed by atoms with van der Waals surface area (Å²) in [6.45, 7) is 6.31. The molecule has 0 aromatic rings. The highest BCUT2D eigenvalue weighted by Gasteiger charge is 2.71. The molecule has 4 unspecified atom stereocenters. The zero-order valence-corrected chi connectivity index (χ0v) is 12.5. The second-order valence-electron chi connectivity index (χ2n) is 6.96. The second kappa shape index (κ2) is 4.97. The van der Waals surface area contributed by atoms with Crippen molar-refractivity contribution in [1.29, 1.82) is 0 Å². The standard InChI is InChI=1S/C15H26N2O3/c1-14(2)12-11(6-9-20-12)15(14,16)13(18)17-7-5-10-4-3-8-19-10/h10-12H,3-9,16H2,1-2H3,(H,17,18). The summed E-state index contributed by atoms with van der Waals surface area (Å²) in [6.07, 6.45) is 4.45. The number of nitrogens with one attached hydrogen (secondary N) is 1. The van der Waals surface area contributed by atoms with E-state index in [1.165, 1.54) is 0 Å². The van der Waals surface area contributed by atoms with Crippen molar-refractivity contribution in [3.63, 3.8) is 0 Å². The molecule has 1 saturated carbocycles. The summed E-state index contributed by atoms with van der Waals surface area (Å²) in [5.41, 5.74) is 5.40. The van der Waals surface area contributed by atoms with Gasteiger partial charge in [-0.25, -0.2) is 0 Å². The number of rotatable bonds is 4. The highest BCUT2D eigenvalue weighted by Crippen LogP contribution is 2.58. The monoisotopic (exact) mass is 282 g/mol. The van der Waals surface area contributed by atoms with Gasteiger partial charge in [-0.15, -0.1) is 0 Å². The lowest BCUT2D eigenvalue weighted by atomic mass is 9.48. The maximum Gasteiger partial charge on any atom is 0.241 e. The van der Waals surface area contributed by atoms with Crippen LogP contribution in [0.1, 0.15) is 39.5 Å². The van der Waals surface area contributed by atoms with Gasteiger partial charge in [0, 0.05) is 31.1 Å². The number of carbonyl (C=O) groups is 1. The van der Waals surface area contributed by atoms with E-state index < -0.39 is 5.54 Å². The SMILES string of the molecule is CC1(C)C2OCCC2C1(N)C(=O)NCCC1CCCO1. The topological polar surface area (TPSA) is 73.6 Å². The number of fused-ring (bicyclic) bond motifs is 1. The predicted octanol–water partition coefficient (Wildman–Crippen LogP) is 0.814. The summed E-state index contributed by atoms with van der Waals surface area (Å²) in [6, 6.07) is 0. The van der Waals surface area contributed by atoms with Crippen LogP contribution in [-0.2, 0) is 14.3 Å². The largest absolute Gasteiger partial charge is 0.378 e. The smallest absolute Gasteiger partial charge is 0.241 e. The van der Waals surface area contributed by atoms with Crippen LogP contribution in [0, 0.1) is 11.3 Å². The van der Waals surface area contributed by atoms with Crippen LogP contribution in [0.25, 0.3) is 0 Å². The Hall–Kier alpha value is -0.650. The van der Waals surface area contributed by atoms with Crippen LogP contribution >= 0.6 is 0 Å². The molecule has 3 N–H and O–H groups in total. The number of hydrogen-bond donors (Lipinski definition) is 2. The van der Waals surface area contributed by atoms with Crippen molar-refractivity contribution in [2.45, 2.75) is 57.3 Å². The molecular weight excluding hydrogens is 256 g/mol. The van der Waals surface area contributed by atoms with Crippen LogP contribution in [0.3, 0.4) is 0 Å². The summed E-state index contributed by atoms with van der Waals surface area (Å²) in [5, 5.41) is 3.02. The zero-order valence-electron chi connectivity index (χ0n) is 12.5. The molecule has 0 radical (unpaired) electrons. The highest BCUT2D eigenvalue weighted by molar-refractivity contribution is 5.89. The van der Waals surface area contributed by atoms with Crippen molar-refractivity contribution in [2.24, 2.45) is 17.1 Å². The molecule has 5 nitrogen and oxygen atoms in total. The molecular formula is C15H26N2O3. The third-order valence-corrected chi connectivity index (χ3v) is 5.61. The summed E-state index contributed by atoms with van der Waals surface area (Å²) < 4.78 is 11.3. The molecule has 5 heteroatoms. The normalized spacial score (nSPS) is 42.0. The van der Waals surface area contributed by atoms with Gasteiger partial charge in [0.05, 0.1) is 12.2 Å². The van der Waals surface area contributed by atoms with Crippen molar-refractivity contribution in [3.05, 3.63) is 0 Å². The van der Waals surface area contributed by atoms with Crippen LogP contribution in [0.4, 0.5) is 0 Å². The zero-order chi connectivity index (χ0) is 14.4. The molecule has 4 atom stereocenters. The molecule has 2 saturated heterocycles. The van der Waals surface area contributed by atoms with Crippen LogP contribution in [0.2, 0.25) is 0 Å². The summed E-state index contributed by atoms with van der Waals surface area (Å²) in [7, 11) is 0. The van der Waals surface area contributed by atoms with Gasteiger partial charge < -0.3 is 20.5 Å². The summed E-state index contributed by atoms with van der Waals surface area (Å²) in [4.78, 5) is 12.5. The second-order valence-corrected chi connectivity index (χ2v) is 6.96. The average molecular weight is 282 g/mol. The van der Waals surface area contributed by atoms with E-state index in [1.807, 2.05) is 13.8 Å². The predicted molar refractivity (Wildman–Crippen MR) is 75.1 cm³/mol.